The first-order chi connectivity index (χ1) is 15.5. The normalized spacial score (nSPS) is 28.3. The van der Waals surface area contributed by atoms with Crippen molar-refractivity contribution in [1.29, 1.82) is 0 Å². The lowest BCUT2D eigenvalue weighted by molar-refractivity contribution is -0.141. The van der Waals surface area contributed by atoms with Crippen LogP contribution in [0.15, 0.2) is 58.5 Å². The Hall–Kier alpha value is -2.40. The van der Waals surface area contributed by atoms with Gasteiger partial charge in [-0.1, -0.05) is 42.1 Å². The number of aromatic nitrogens is 2. The highest BCUT2D eigenvalue weighted by atomic mass is 32.2. The molecule has 0 amide bonds. The average molecular weight is 445 g/mol. The van der Waals surface area contributed by atoms with E-state index in [1.165, 1.54) is 31.0 Å². The molecule has 4 aliphatic carbocycles. The van der Waals surface area contributed by atoms with Gasteiger partial charge in [0.05, 0.1) is 22.3 Å². The van der Waals surface area contributed by atoms with Gasteiger partial charge in [0.25, 0.3) is 5.56 Å². The molecule has 0 radical (unpaired) electrons. The van der Waals surface area contributed by atoms with Crippen LogP contribution in [0.2, 0.25) is 0 Å². The molecule has 0 saturated heterocycles. The number of thioether (sulfide) groups is 1. The number of benzene rings is 2. The second-order valence-electron chi connectivity index (χ2n) is 10.2. The fraction of sp³-hybridized carbons (Fsp3) is 0.444. The summed E-state index contributed by atoms with van der Waals surface area (Å²) in [6.45, 7) is 2.01. The van der Waals surface area contributed by atoms with Gasteiger partial charge in [0.2, 0.25) is 0 Å². The summed E-state index contributed by atoms with van der Waals surface area (Å²) in [5.74, 6) is 3.01. The molecule has 32 heavy (non-hydrogen) atoms. The van der Waals surface area contributed by atoms with E-state index in [1.807, 2.05) is 55.5 Å². The van der Waals surface area contributed by atoms with Crippen molar-refractivity contribution in [1.82, 2.24) is 9.55 Å². The molecule has 4 bridgehead atoms. The van der Waals surface area contributed by atoms with Gasteiger partial charge in [-0.2, -0.15) is 0 Å². The predicted octanol–water partition coefficient (Wildman–Crippen LogP) is 5.57. The molecule has 1 aromatic heterocycles. The smallest absolute Gasteiger partial charge is 0.266 e. The molecule has 164 valence electrons. The van der Waals surface area contributed by atoms with Crippen LogP contribution in [0.4, 0.5) is 0 Å². The molecule has 2 aromatic carbocycles. The van der Waals surface area contributed by atoms with E-state index >= 15 is 0 Å². The Balaban J connectivity index is 1.36. The van der Waals surface area contributed by atoms with E-state index in [0.29, 0.717) is 27.6 Å². The molecule has 7 rings (SSSR count). The number of hydrogen-bond acceptors (Lipinski definition) is 4. The Labute approximate surface area is 192 Å². The molecule has 0 N–H and O–H groups in total. The molecule has 0 aliphatic heterocycles. The van der Waals surface area contributed by atoms with Crippen molar-refractivity contribution in [2.24, 2.45) is 23.2 Å². The number of nitrogens with zero attached hydrogens (tertiary/aromatic N) is 2. The van der Waals surface area contributed by atoms with E-state index < -0.39 is 0 Å². The second kappa shape index (κ2) is 7.58. The molecular weight excluding hydrogens is 416 g/mol. The van der Waals surface area contributed by atoms with Gasteiger partial charge in [-0.25, -0.2) is 4.98 Å². The van der Waals surface area contributed by atoms with Crippen LogP contribution in [0.3, 0.4) is 0 Å². The van der Waals surface area contributed by atoms with Crippen molar-refractivity contribution >= 4 is 28.4 Å². The van der Waals surface area contributed by atoms with Crippen LogP contribution in [0.5, 0.6) is 0 Å². The Kier molecular flexibility index (Phi) is 4.79. The minimum atomic E-state index is -0.119. The van der Waals surface area contributed by atoms with Crippen LogP contribution in [0, 0.1) is 30.1 Å². The highest BCUT2D eigenvalue weighted by molar-refractivity contribution is 7.99. The topological polar surface area (TPSA) is 52.0 Å². The lowest BCUT2D eigenvalue weighted by Crippen LogP contribution is -2.50. The standard InChI is InChI=1S/C27H28N2O2S/c1-17-6-2-5-9-23(17)29-25(31)21-7-3-4-8-22(21)28-26(29)32-16-24(30)27-13-18-10-19(14-27)12-20(11-18)15-27/h2-9,18-20H,10-16H2,1H3. The third kappa shape index (κ3) is 3.24. The quantitative estimate of drug-likeness (QED) is 0.381. The van der Waals surface area contributed by atoms with Gasteiger partial charge >= 0.3 is 0 Å². The SMILES string of the molecule is Cc1ccccc1-n1c(SCC(=O)C23CC4CC(CC(C4)C2)C3)nc2ccccc2c1=O. The Morgan fingerprint density at radius 3 is 2.31 bits per heavy atom. The second-order valence-corrected chi connectivity index (χ2v) is 11.2. The van der Waals surface area contributed by atoms with Gasteiger partial charge in [-0.3, -0.25) is 14.2 Å². The summed E-state index contributed by atoms with van der Waals surface area (Å²) in [6.07, 6.45) is 7.23. The number of para-hydroxylation sites is 2. The summed E-state index contributed by atoms with van der Waals surface area (Å²) >= 11 is 1.44. The summed E-state index contributed by atoms with van der Waals surface area (Å²) < 4.78 is 1.70. The van der Waals surface area contributed by atoms with Crippen LogP contribution < -0.4 is 5.56 Å². The van der Waals surface area contributed by atoms with Gasteiger partial charge < -0.3 is 0 Å². The fourth-order valence-electron chi connectivity index (χ4n) is 6.97. The number of rotatable bonds is 5. The zero-order valence-corrected chi connectivity index (χ0v) is 19.2. The lowest BCUT2D eigenvalue weighted by Gasteiger charge is -2.56. The minimum absolute atomic E-state index is 0.0744. The molecule has 4 nitrogen and oxygen atoms in total. The third-order valence-electron chi connectivity index (χ3n) is 8.06. The molecular formula is C27H28N2O2S. The van der Waals surface area contributed by atoms with Crippen molar-refractivity contribution in [3.63, 3.8) is 0 Å². The number of hydrogen-bond donors (Lipinski definition) is 0. The number of aryl methyl sites for hydroxylation is 1. The largest absolute Gasteiger partial charge is 0.298 e. The maximum atomic E-state index is 13.6. The summed E-state index contributed by atoms with van der Waals surface area (Å²) in [6, 6.07) is 15.4. The predicted molar refractivity (Wildman–Crippen MR) is 128 cm³/mol. The first-order valence-electron chi connectivity index (χ1n) is 11.8. The van der Waals surface area contributed by atoms with E-state index in [9.17, 15) is 9.59 Å². The third-order valence-corrected chi connectivity index (χ3v) is 9.00. The van der Waals surface area contributed by atoms with Gasteiger partial charge in [0, 0.05) is 5.41 Å². The zero-order chi connectivity index (χ0) is 21.9. The maximum Gasteiger partial charge on any atom is 0.266 e. The molecule has 5 heteroatoms. The number of ketones is 1. The molecule has 1 heterocycles. The Morgan fingerprint density at radius 2 is 1.62 bits per heavy atom. The van der Waals surface area contributed by atoms with E-state index in [-0.39, 0.29) is 11.0 Å². The van der Waals surface area contributed by atoms with Crippen LogP contribution in [-0.4, -0.2) is 21.1 Å². The summed E-state index contributed by atoms with van der Waals surface area (Å²) in [5, 5.41) is 1.22. The Morgan fingerprint density at radius 1 is 1.00 bits per heavy atom. The lowest BCUT2D eigenvalue weighted by atomic mass is 9.48. The zero-order valence-electron chi connectivity index (χ0n) is 18.4. The van der Waals surface area contributed by atoms with Crippen LogP contribution >= 0.6 is 11.8 Å². The molecule has 0 spiro atoms. The van der Waals surface area contributed by atoms with E-state index in [0.717, 1.165) is 48.3 Å². The maximum absolute atomic E-state index is 13.6. The first kappa shape index (κ1) is 20.2. The number of carbonyl (C=O) groups excluding carboxylic acids is 1. The van der Waals surface area contributed by atoms with Crippen LogP contribution in [0.1, 0.15) is 44.1 Å². The van der Waals surface area contributed by atoms with Crippen LogP contribution in [0.25, 0.3) is 16.6 Å². The van der Waals surface area contributed by atoms with Crippen LogP contribution in [-0.2, 0) is 4.79 Å². The molecule has 4 saturated carbocycles. The Bertz CT molecular complexity index is 1240. The minimum Gasteiger partial charge on any atom is -0.298 e. The molecule has 4 aliphatic rings. The van der Waals surface area contributed by atoms with Gasteiger partial charge in [-0.05, 0) is 87.0 Å². The molecule has 3 aromatic rings. The van der Waals surface area contributed by atoms with Crippen molar-refractivity contribution < 1.29 is 4.79 Å². The van der Waals surface area contributed by atoms with Crippen molar-refractivity contribution in [2.45, 2.75) is 50.6 Å². The van der Waals surface area contributed by atoms with Crippen molar-refractivity contribution in [3.05, 3.63) is 64.4 Å². The fourth-order valence-corrected chi connectivity index (χ4v) is 8.01. The van der Waals surface area contributed by atoms with E-state index in [1.54, 1.807) is 4.57 Å². The highest BCUT2D eigenvalue weighted by Gasteiger charge is 2.54. The highest BCUT2D eigenvalue weighted by Crippen LogP contribution is 2.60. The number of carbonyl (C=O) groups is 1. The van der Waals surface area contributed by atoms with Gasteiger partial charge in [-0.15, -0.1) is 0 Å². The number of Topliss-reactive ketones (excluding diaryl/α,β-unsaturated/α-hetero) is 1. The van der Waals surface area contributed by atoms with E-state index in [4.69, 9.17) is 4.98 Å². The molecule has 0 atom stereocenters. The monoisotopic (exact) mass is 444 g/mol. The average Bonchev–Trinajstić information content (AvgIpc) is 2.77. The summed E-state index contributed by atoms with van der Waals surface area (Å²) in [5.41, 5.74) is 2.34. The number of fused-ring (bicyclic) bond motifs is 1. The first-order valence-corrected chi connectivity index (χ1v) is 12.7. The summed E-state index contributed by atoms with van der Waals surface area (Å²) in [4.78, 5) is 31.9. The summed E-state index contributed by atoms with van der Waals surface area (Å²) in [7, 11) is 0. The molecule has 0 unspecified atom stereocenters. The van der Waals surface area contributed by atoms with E-state index in [2.05, 4.69) is 0 Å². The van der Waals surface area contributed by atoms with Gasteiger partial charge in [0.1, 0.15) is 5.78 Å². The van der Waals surface area contributed by atoms with Crippen molar-refractivity contribution in [3.8, 4) is 5.69 Å². The molecule has 4 fully saturated rings. The van der Waals surface area contributed by atoms with Gasteiger partial charge in [0.15, 0.2) is 5.16 Å². The van der Waals surface area contributed by atoms with Crippen molar-refractivity contribution in [2.75, 3.05) is 5.75 Å².